The largest absolute Gasteiger partial charge is 0.497 e. The van der Waals surface area contributed by atoms with Crippen LogP contribution in [-0.4, -0.2) is 39.2 Å². The van der Waals surface area contributed by atoms with E-state index in [1.807, 2.05) is 12.1 Å². The molecular weight excluding hydrogens is 200 g/mol. The van der Waals surface area contributed by atoms with Crippen molar-refractivity contribution in [1.29, 1.82) is 0 Å². The van der Waals surface area contributed by atoms with Crippen LogP contribution >= 0.6 is 0 Å². The number of ether oxygens (including phenoxy) is 1. The molecule has 0 aliphatic carbocycles. The number of likely N-dealkylation sites (N-methyl/N-ethyl adjacent to an activating group) is 1. The summed E-state index contributed by atoms with van der Waals surface area (Å²) in [5.74, 6) is 0.907. The van der Waals surface area contributed by atoms with Gasteiger partial charge in [-0.25, -0.2) is 0 Å². The zero-order valence-electron chi connectivity index (χ0n) is 10.7. The first-order valence-electron chi connectivity index (χ1n) is 5.65. The van der Waals surface area contributed by atoms with Gasteiger partial charge in [-0.3, -0.25) is 0 Å². The van der Waals surface area contributed by atoms with Gasteiger partial charge in [0.2, 0.25) is 0 Å². The summed E-state index contributed by atoms with van der Waals surface area (Å²) >= 11 is 0. The van der Waals surface area contributed by atoms with Gasteiger partial charge in [0.15, 0.2) is 0 Å². The summed E-state index contributed by atoms with van der Waals surface area (Å²) in [7, 11) is 5.85. The van der Waals surface area contributed by atoms with Crippen molar-refractivity contribution < 1.29 is 4.74 Å². The monoisotopic (exact) mass is 222 g/mol. The molecule has 1 N–H and O–H groups in total. The molecule has 1 aromatic carbocycles. The van der Waals surface area contributed by atoms with Crippen molar-refractivity contribution in [2.75, 3.05) is 34.3 Å². The fraction of sp³-hybridized carbons (Fsp3) is 0.538. The highest BCUT2D eigenvalue weighted by Crippen LogP contribution is 2.16. The van der Waals surface area contributed by atoms with Crippen molar-refractivity contribution in [2.45, 2.75) is 13.0 Å². The molecule has 1 aromatic rings. The molecule has 3 heteroatoms. The quantitative estimate of drug-likeness (QED) is 0.795. The lowest BCUT2D eigenvalue weighted by atomic mass is 10.1. The number of nitrogens with one attached hydrogen (secondary N) is 1. The number of nitrogens with zero attached hydrogens (tertiary/aromatic N) is 1. The number of hydrogen-bond acceptors (Lipinski definition) is 3. The third kappa shape index (κ3) is 4.21. The Morgan fingerprint density at radius 2 is 1.88 bits per heavy atom. The average Bonchev–Trinajstić information content (AvgIpc) is 2.28. The first-order chi connectivity index (χ1) is 7.63. The molecule has 1 rings (SSSR count). The SMILES string of the molecule is COc1ccc([C@H](C)NCCN(C)C)cc1. The Labute approximate surface area is 98.4 Å². The van der Waals surface area contributed by atoms with Crippen LogP contribution in [0.4, 0.5) is 0 Å². The van der Waals surface area contributed by atoms with Crippen LogP contribution in [0, 0.1) is 0 Å². The van der Waals surface area contributed by atoms with Crippen molar-refractivity contribution in [1.82, 2.24) is 10.2 Å². The Morgan fingerprint density at radius 1 is 1.25 bits per heavy atom. The van der Waals surface area contributed by atoms with Gasteiger partial charge in [-0.05, 0) is 38.7 Å². The van der Waals surface area contributed by atoms with Crippen LogP contribution in [0.15, 0.2) is 24.3 Å². The van der Waals surface area contributed by atoms with Gasteiger partial charge < -0.3 is 15.0 Å². The van der Waals surface area contributed by atoms with Crippen LogP contribution in [0.25, 0.3) is 0 Å². The average molecular weight is 222 g/mol. The van der Waals surface area contributed by atoms with Crippen molar-refractivity contribution in [3.05, 3.63) is 29.8 Å². The molecule has 90 valence electrons. The lowest BCUT2D eigenvalue weighted by Crippen LogP contribution is -2.28. The van der Waals surface area contributed by atoms with Gasteiger partial charge >= 0.3 is 0 Å². The van der Waals surface area contributed by atoms with E-state index in [0.717, 1.165) is 18.8 Å². The van der Waals surface area contributed by atoms with Crippen LogP contribution in [0.5, 0.6) is 5.75 Å². The second-order valence-electron chi connectivity index (χ2n) is 4.25. The molecule has 0 amide bonds. The molecular formula is C13H22N2O. The van der Waals surface area contributed by atoms with Crippen molar-refractivity contribution in [2.24, 2.45) is 0 Å². The fourth-order valence-electron chi connectivity index (χ4n) is 1.52. The van der Waals surface area contributed by atoms with E-state index in [2.05, 4.69) is 43.4 Å². The first-order valence-corrected chi connectivity index (χ1v) is 5.65. The maximum atomic E-state index is 5.13. The molecule has 0 radical (unpaired) electrons. The second kappa shape index (κ2) is 6.51. The van der Waals surface area contributed by atoms with Crippen LogP contribution < -0.4 is 10.1 Å². The summed E-state index contributed by atoms with van der Waals surface area (Å²) in [6, 6.07) is 8.59. The van der Waals surface area contributed by atoms with E-state index in [1.54, 1.807) is 7.11 Å². The fourth-order valence-corrected chi connectivity index (χ4v) is 1.52. The number of rotatable bonds is 6. The van der Waals surface area contributed by atoms with E-state index in [1.165, 1.54) is 5.56 Å². The normalized spacial score (nSPS) is 12.8. The Morgan fingerprint density at radius 3 is 2.38 bits per heavy atom. The molecule has 0 heterocycles. The van der Waals surface area contributed by atoms with Crippen LogP contribution in [0.1, 0.15) is 18.5 Å². The van der Waals surface area contributed by atoms with Gasteiger partial charge in [-0.15, -0.1) is 0 Å². The summed E-state index contributed by atoms with van der Waals surface area (Å²) in [6.07, 6.45) is 0. The van der Waals surface area contributed by atoms with Gasteiger partial charge in [0.25, 0.3) is 0 Å². The summed E-state index contributed by atoms with van der Waals surface area (Å²) < 4.78 is 5.13. The van der Waals surface area contributed by atoms with Crippen molar-refractivity contribution in [3.8, 4) is 5.75 Å². The molecule has 0 unspecified atom stereocenters. The highest BCUT2D eigenvalue weighted by molar-refractivity contribution is 5.28. The molecule has 0 aliphatic heterocycles. The van der Waals surface area contributed by atoms with Gasteiger partial charge in [-0.2, -0.15) is 0 Å². The van der Waals surface area contributed by atoms with Gasteiger partial charge in [0.05, 0.1) is 7.11 Å². The summed E-state index contributed by atoms with van der Waals surface area (Å²) in [4.78, 5) is 2.17. The number of benzene rings is 1. The summed E-state index contributed by atoms with van der Waals surface area (Å²) in [5, 5.41) is 3.49. The third-order valence-corrected chi connectivity index (χ3v) is 2.63. The minimum absolute atomic E-state index is 0.380. The highest BCUT2D eigenvalue weighted by Gasteiger charge is 2.04. The first kappa shape index (κ1) is 13.0. The highest BCUT2D eigenvalue weighted by atomic mass is 16.5. The van der Waals surface area contributed by atoms with E-state index in [4.69, 9.17) is 4.74 Å². The van der Waals surface area contributed by atoms with E-state index in [-0.39, 0.29) is 0 Å². The Bertz CT molecular complexity index is 295. The predicted molar refractivity (Wildman–Crippen MR) is 68.0 cm³/mol. The third-order valence-electron chi connectivity index (χ3n) is 2.63. The standard InChI is InChI=1S/C13H22N2O/c1-11(14-9-10-15(2)3)12-5-7-13(16-4)8-6-12/h5-8,11,14H,9-10H2,1-4H3/t11-/m0/s1. The lowest BCUT2D eigenvalue weighted by molar-refractivity contribution is 0.389. The molecule has 0 bridgehead atoms. The minimum Gasteiger partial charge on any atom is -0.497 e. The zero-order chi connectivity index (χ0) is 12.0. The Kier molecular flexibility index (Phi) is 5.29. The molecule has 16 heavy (non-hydrogen) atoms. The topological polar surface area (TPSA) is 24.5 Å². The molecule has 0 aromatic heterocycles. The number of methoxy groups -OCH3 is 1. The molecule has 3 nitrogen and oxygen atoms in total. The molecule has 1 atom stereocenters. The molecule has 0 aliphatic rings. The van der Waals surface area contributed by atoms with Crippen LogP contribution in [0.2, 0.25) is 0 Å². The van der Waals surface area contributed by atoms with E-state index in [0.29, 0.717) is 6.04 Å². The van der Waals surface area contributed by atoms with E-state index < -0.39 is 0 Å². The second-order valence-corrected chi connectivity index (χ2v) is 4.25. The molecule has 0 saturated carbocycles. The van der Waals surface area contributed by atoms with E-state index in [9.17, 15) is 0 Å². The van der Waals surface area contributed by atoms with Gasteiger partial charge in [0.1, 0.15) is 5.75 Å². The molecule has 0 spiro atoms. The molecule has 0 fully saturated rings. The van der Waals surface area contributed by atoms with Crippen LogP contribution in [-0.2, 0) is 0 Å². The summed E-state index contributed by atoms with van der Waals surface area (Å²) in [6.45, 7) is 4.23. The van der Waals surface area contributed by atoms with Gasteiger partial charge in [0, 0.05) is 19.1 Å². The smallest absolute Gasteiger partial charge is 0.118 e. The molecule has 0 saturated heterocycles. The van der Waals surface area contributed by atoms with Crippen molar-refractivity contribution >= 4 is 0 Å². The van der Waals surface area contributed by atoms with Gasteiger partial charge in [-0.1, -0.05) is 12.1 Å². The zero-order valence-corrected chi connectivity index (χ0v) is 10.7. The van der Waals surface area contributed by atoms with Crippen LogP contribution in [0.3, 0.4) is 0 Å². The lowest BCUT2D eigenvalue weighted by Gasteiger charge is -2.16. The predicted octanol–water partition coefficient (Wildman–Crippen LogP) is 1.91. The Balaban J connectivity index is 2.43. The summed E-state index contributed by atoms with van der Waals surface area (Å²) in [5.41, 5.74) is 1.29. The van der Waals surface area contributed by atoms with E-state index >= 15 is 0 Å². The Hall–Kier alpha value is -1.06. The maximum Gasteiger partial charge on any atom is 0.118 e. The van der Waals surface area contributed by atoms with Crippen molar-refractivity contribution in [3.63, 3.8) is 0 Å². The minimum atomic E-state index is 0.380. The number of hydrogen-bond donors (Lipinski definition) is 1. The maximum absolute atomic E-state index is 5.13.